The highest BCUT2D eigenvalue weighted by molar-refractivity contribution is 9.10. The molecule has 0 radical (unpaired) electrons. The molecule has 0 aliphatic rings. The average Bonchev–Trinajstić information content (AvgIpc) is 2.16. The van der Waals surface area contributed by atoms with E-state index in [1.54, 1.807) is 0 Å². The Kier molecular flexibility index (Phi) is 3.68. The number of ether oxygens (including phenoxy) is 2. The largest absolute Gasteiger partial charge is 0.493 e. The molecule has 0 atom stereocenters. The number of rotatable bonds is 3. The molecule has 0 amide bonds. The molecule has 5 heteroatoms. The third kappa shape index (κ3) is 2.12. The van der Waals surface area contributed by atoms with E-state index in [-0.39, 0.29) is 22.8 Å². The number of hydrogen-bond acceptors (Lipinski definition) is 3. The first kappa shape index (κ1) is 12.0. The van der Waals surface area contributed by atoms with Crippen LogP contribution < -0.4 is 9.47 Å². The summed E-state index contributed by atoms with van der Waals surface area (Å²) in [7, 11) is 2.72. The van der Waals surface area contributed by atoms with Crippen LogP contribution in [-0.2, 0) is 0 Å². The van der Waals surface area contributed by atoms with Crippen molar-refractivity contribution in [2.24, 2.45) is 0 Å². The van der Waals surface area contributed by atoms with Crippen molar-refractivity contribution in [3.05, 3.63) is 21.9 Å². The van der Waals surface area contributed by atoms with Crippen LogP contribution >= 0.6 is 15.9 Å². The summed E-state index contributed by atoms with van der Waals surface area (Å²) >= 11 is 3.11. The van der Waals surface area contributed by atoms with E-state index in [1.165, 1.54) is 27.2 Å². The summed E-state index contributed by atoms with van der Waals surface area (Å²) in [6.45, 7) is 1.29. The van der Waals surface area contributed by atoms with Gasteiger partial charge in [0.1, 0.15) is 0 Å². The van der Waals surface area contributed by atoms with Crippen LogP contribution in [0.25, 0.3) is 0 Å². The lowest BCUT2D eigenvalue weighted by Gasteiger charge is -2.11. The number of Topliss-reactive ketones (excluding diaryl/α,β-unsaturated/α-hetero) is 1. The lowest BCUT2D eigenvalue weighted by atomic mass is 10.1. The molecule has 1 rings (SSSR count). The summed E-state index contributed by atoms with van der Waals surface area (Å²) in [4.78, 5) is 11.2. The van der Waals surface area contributed by atoms with Crippen molar-refractivity contribution in [3.8, 4) is 11.5 Å². The van der Waals surface area contributed by atoms with Gasteiger partial charge in [-0.3, -0.25) is 4.79 Å². The standard InChI is InChI=1S/C10H10BrFO3/c1-5(13)8-6(11)4-7(14-2)10(15-3)9(8)12/h4H,1-3H3. The van der Waals surface area contributed by atoms with E-state index in [9.17, 15) is 9.18 Å². The summed E-state index contributed by atoms with van der Waals surface area (Å²) in [5.41, 5.74) is -0.0346. The Labute approximate surface area is 95.3 Å². The van der Waals surface area contributed by atoms with Crippen LogP contribution in [0.4, 0.5) is 4.39 Å². The number of carbonyl (C=O) groups excluding carboxylic acids is 1. The highest BCUT2D eigenvalue weighted by atomic mass is 79.9. The molecule has 0 saturated heterocycles. The van der Waals surface area contributed by atoms with Crippen molar-refractivity contribution in [3.63, 3.8) is 0 Å². The fraction of sp³-hybridized carbons (Fsp3) is 0.300. The molecule has 3 nitrogen and oxygen atoms in total. The first-order valence-corrected chi connectivity index (χ1v) is 4.93. The van der Waals surface area contributed by atoms with Crippen LogP contribution in [0.5, 0.6) is 11.5 Å². The number of methoxy groups -OCH3 is 2. The second kappa shape index (κ2) is 4.61. The molecule has 0 heterocycles. The molecule has 0 unspecified atom stereocenters. The van der Waals surface area contributed by atoms with E-state index < -0.39 is 5.82 Å². The Bertz CT molecular complexity index is 404. The fourth-order valence-corrected chi connectivity index (χ4v) is 1.91. The van der Waals surface area contributed by atoms with E-state index in [4.69, 9.17) is 9.47 Å². The maximum absolute atomic E-state index is 13.8. The van der Waals surface area contributed by atoms with Gasteiger partial charge in [-0.05, 0) is 28.9 Å². The van der Waals surface area contributed by atoms with Gasteiger partial charge in [-0.2, -0.15) is 0 Å². The first-order chi connectivity index (χ1) is 7.02. The summed E-state index contributed by atoms with van der Waals surface area (Å²) in [6.07, 6.45) is 0. The molecule has 15 heavy (non-hydrogen) atoms. The smallest absolute Gasteiger partial charge is 0.197 e. The minimum atomic E-state index is -0.712. The number of halogens is 2. The van der Waals surface area contributed by atoms with Gasteiger partial charge in [0.25, 0.3) is 0 Å². The fourth-order valence-electron chi connectivity index (χ4n) is 1.24. The minimum absolute atomic E-state index is 0.0346. The first-order valence-electron chi connectivity index (χ1n) is 4.13. The van der Waals surface area contributed by atoms with Crippen LogP contribution in [0.3, 0.4) is 0 Å². The zero-order valence-corrected chi connectivity index (χ0v) is 10.1. The Hall–Kier alpha value is -1.10. The highest BCUT2D eigenvalue weighted by Crippen LogP contribution is 2.36. The number of hydrogen-bond donors (Lipinski definition) is 0. The predicted octanol–water partition coefficient (Wildman–Crippen LogP) is 2.81. The van der Waals surface area contributed by atoms with Crippen molar-refractivity contribution >= 4 is 21.7 Å². The lowest BCUT2D eigenvalue weighted by molar-refractivity contribution is 0.101. The lowest BCUT2D eigenvalue weighted by Crippen LogP contribution is -2.03. The summed E-state index contributed by atoms with van der Waals surface area (Å²) in [6, 6.07) is 1.50. The third-order valence-electron chi connectivity index (χ3n) is 1.92. The SMILES string of the molecule is COc1cc(Br)c(C(C)=O)c(F)c1OC. The molecule has 0 fully saturated rings. The van der Waals surface area contributed by atoms with Gasteiger partial charge < -0.3 is 9.47 Å². The normalized spacial score (nSPS) is 9.93. The molecule has 82 valence electrons. The van der Waals surface area contributed by atoms with Gasteiger partial charge in [-0.15, -0.1) is 0 Å². The van der Waals surface area contributed by atoms with Gasteiger partial charge in [-0.25, -0.2) is 4.39 Å². The van der Waals surface area contributed by atoms with E-state index in [0.717, 1.165) is 0 Å². The van der Waals surface area contributed by atoms with Gasteiger partial charge >= 0.3 is 0 Å². The van der Waals surface area contributed by atoms with Gasteiger partial charge in [0, 0.05) is 4.47 Å². The Morgan fingerprint density at radius 3 is 2.40 bits per heavy atom. The second-order valence-electron chi connectivity index (χ2n) is 2.84. The molecule has 0 aliphatic heterocycles. The molecule has 0 aromatic heterocycles. The second-order valence-corrected chi connectivity index (χ2v) is 3.69. The molecular formula is C10H10BrFO3. The van der Waals surface area contributed by atoms with E-state index in [1.807, 2.05) is 0 Å². The Morgan fingerprint density at radius 1 is 1.40 bits per heavy atom. The van der Waals surface area contributed by atoms with Gasteiger partial charge in [0.05, 0.1) is 19.8 Å². The molecule has 0 spiro atoms. The zero-order chi connectivity index (χ0) is 11.6. The van der Waals surface area contributed by atoms with Crippen LogP contribution in [-0.4, -0.2) is 20.0 Å². The molecule has 1 aromatic carbocycles. The molecule has 0 aliphatic carbocycles. The van der Waals surface area contributed by atoms with Gasteiger partial charge in [0.15, 0.2) is 23.1 Å². The van der Waals surface area contributed by atoms with E-state index >= 15 is 0 Å². The topological polar surface area (TPSA) is 35.5 Å². The average molecular weight is 277 g/mol. The van der Waals surface area contributed by atoms with Crippen LogP contribution in [0.15, 0.2) is 10.5 Å². The zero-order valence-electron chi connectivity index (χ0n) is 8.56. The molecule has 0 N–H and O–H groups in total. The molecular weight excluding hydrogens is 267 g/mol. The van der Waals surface area contributed by atoms with Gasteiger partial charge in [0.2, 0.25) is 0 Å². The quantitative estimate of drug-likeness (QED) is 0.797. The summed E-state index contributed by atoms with van der Waals surface area (Å²) in [5, 5.41) is 0. The maximum Gasteiger partial charge on any atom is 0.197 e. The monoisotopic (exact) mass is 276 g/mol. The maximum atomic E-state index is 13.8. The Balaban J connectivity index is 3.51. The van der Waals surface area contributed by atoms with Crippen LogP contribution in [0.2, 0.25) is 0 Å². The Morgan fingerprint density at radius 2 is 2.00 bits per heavy atom. The number of carbonyl (C=O) groups is 1. The number of ketones is 1. The summed E-state index contributed by atoms with van der Waals surface area (Å²) < 4.78 is 23.9. The predicted molar refractivity (Wildman–Crippen MR) is 57.2 cm³/mol. The highest BCUT2D eigenvalue weighted by Gasteiger charge is 2.21. The van der Waals surface area contributed by atoms with Crippen molar-refractivity contribution in [2.45, 2.75) is 6.92 Å². The number of benzene rings is 1. The minimum Gasteiger partial charge on any atom is -0.493 e. The van der Waals surface area contributed by atoms with Crippen molar-refractivity contribution < 1.29 is 18.7 Å². The van der Waals surface area contributed by atoms with Crippen molar-refractivity contribution in [1.82, 2.24) is 0 Å². The third-order valence-corrected chi connectivity index (χ3v) is 2.54. The molecule has 0 bridgehead atoms. The van der Waals surface area contributed by atoms with Crippen LogP contribution in [0, 0.1) is 5.82 Å². The van der Waals surface area contributed by atoms with Gasteiger partial charge in [-0.1, -0.05) is 0 Å². The van der Waals surface area contributed by atoms with E-state index in [2.05, 4.69) is 15.9 Å². The summed E-state index contributed by atoms with van der Waals surface area (Å²) in [5.74, 6) is -0.908. The van der Waals surface area contributed by atoms with E-state index in [0.29, 0.717) is 4.47 Å². The van der Waals surface area contributed by atoms with Crippen molar-refractivity contribution in [2.75, 3.05) is 14.2 Å². The molecule has 1 aromatic rings. The molecule has 0 saturated carbocycles. The van der Waals surface area contributed by atoms with Crippen LogP contribution in [0.1, 0.15) is 17.3 Å². The van der Waals surface area contributed by atoms with Crippen molar-refractivity contribution in [1.29, 1.82) is 0 Å².